The van der Waals surface area contributed by atoms with Crippen molar-refractivity contribution in [2.24, 2.45) is 0 Å². The van der Waals surface area contributed by atoms with Crippen LogP contribution < -0.4 is 0 Å². The second-order valence-corrected chi connectivity index (χ2v) is 0. The van der Waals surface area contributed by atoms with Crippen molar-refractivity contribution in [3.05, 3.63) is 0 Å². The first-order valence-corrected chi connectivity index (χ1v) is 0. The SMILES string of the molecule is O.O.O.O.O.O.O.[Ni]. The van der Waals surface area contributed by atoms with Crippen LogP contribution in [0.2, 0.25) is 0 Å². The third-order valence-corrected chi connectivity index (χ3v) is 0. The van der Waals surface area contributed by atoms with Crippen molar-refractivity contribution in [3.63, 3.8) is 0 Å². The molecule has 0 unspecified atom stereocenters. The smallest absolute Gasteiger partial charge is 0 e. The van der Waals surface area contributed by atoms with Gasteiger partial charge in [-0.15, -0.1) is 0 Å². The fourth-order valence-electron chi connectivity index (χ4n) is 0. The molecule has 0 radical (unpaired) electrons. The van der Waals surface area contributed by atoms with Crippen molar-refractivity contribution in [2.75, 3.05) is 0 Å². The van der Waals surface area contributed by atoms with E-state index in [4.69, 9.17) is 0 Å². The van der Waals surface area contributed by atoms with Gasteiger partial charge in [0.25, 0.3) is 0 Å². The molecule has 14 N–H and O–H groups in total. The molecule has 0 rings (SSSR count). The van der Waals surface area contributed by atoms with Crippen LogP contribution in [-0.2, 0) is 16.5 Å². The summed E-state index contributed by atoms with van der Waals surface area (Å²) in [6.07, 6.45) is 0. The quantitative estimate of drug-likeness (QED) is 0.321. The van der Waals surface area contributed by atoms with Gasteiger partial charge in [0.2, 0.25) is 0 Å². The molecule has 0 fully saturated rings. The van der Waals surface area contributed by atoms with Gasteiger partial charge in [0.15, 0.2) is 0 Å². The van der Waals surface area contributed by atoms with Crippen LogP contribution in [-0.4, -0.2) is 38.3 Å². The Morgan fingerprint density at radius 2 is 0.250 bits per heavy atom. The van der Waals surface area contributed by atoms with Gasteiger partial charge in [-0.3, -0.25) is 0 Å². The molecule has 0 aromatic heterocycles. The number of hydrogen-bond donors (Lipinski definition) is 0. The van der Waals surface area contributed by atoms with Crippen molar-refractivity contribution in [3.8, 4) is 0 Å². The van der Waals surface area contributed by atoms with Gasteiger partial charge in [-0.05, 0) is 0 Å². The summed E-state index contributed by atoms with van der Waals surface area (Å²) >= 11 is 0. The molecule has 66 valence electrons. The summed E-state index contributed by atoms with van der Waals surface area (Å²) in [5.41, 5.74) is 0. The van der Waals surface area contributed by atoms with Gasteiger partial charge in [-0.25, -0.2) is 0 Å². The maximum atomic E-state index is 0. The summed E-state index contributed by atoms with van der Waals surface area (Å²) in [7, 11) is 0. The standard InChI is InChI=1S/Ni.7H2O/h;7*1H2. The molecule has 7 nitrogen and oxygen atoms in total. The molecule has 0 aliphatic carbocycles. The minimum absolute atomic E-state index is 0. The van der Waals surface area contributed by atoms with Crippen LogP contribution in [0.1, 0.15) is 0 Å². The Morgan fingerprint density at radius 3 is 0.250 bits per heavy atom. The van der Waals surface area contributed by atoms with E-state index < -0.39 is 0 Å². The topological polar surface area (TPSA) is 220 Å². The average molecular weight is 185 g/mol. The predicted octanol–water partition coefficient (Wildman–Crippen LogP) is -5.78. The Hall–Kier alpha value is 0.214. The summed E-state index contributed by atoms with van der Waals surface area (Å²) in [6.45, 7) is 0. The Bertz CT molecular complexity index is 4.35. The Labute approximate surface area is 55.8 Å². The fourth-order valence-corrected chi connectivity index (χ4v) is 0. The molecule has 0 aliphatic heterocycles. The van der Waals surface area contributed by atoms with E-state index in [1.54, 1.807) is 0 Å². The third-order valence-electron chi connectivity index (χ3n) is 0. The van der Waals surface area contributed by atoms with Crippen molar-refractivity contribution < 1.29 is 54.8 Å². The van der Waals surface area contributed by atoms with Gasteiger partial charge in [-0.2, -0.15) is 0 Å². The molecule has 0 bridgehead atoms. The average Bonchev–Trinajstić information content (AvgIpc) is 0. The Balaban J connectivity index is 0. The summed E-state index contributed by atoms with van der Waals surface area (Å²) in [4.78, 5) is 0. The molecule has 8 heteroatoms. The molecule has 8 heavy (non-hydrogen) atoms. The molecule has 0 saturated heterocycles. The normalized spacial score (nSPS) is 0. The van der Waals surface area contributed by atoms with Crippen molar-refractivity contribution in [2.45, 2.75) is 0 Å². The molecule has 0 atom stereocenters. The van der Waals surface area contributed by atoms with Gasteiger partial charge in [0.1, 0.15) is 0 Å². The van der Waals surface area contributed by atoms with Gasteiger partial charge >= 0.3 is 0 Å². The van der Waals surface area contributed by atoms with Crippen LogP contribution in [0.3, 0.4) is 0 Å². The van der Waals surface area contributed by atoms with Gasteiger partial charge in [-0.1, -0.05) is 0 Å². The number of hydrogen-bond acceptors (Lipinski definition) is 0. The summed E-state index contributed by atoms with van der Waals surface area (Å²) in [5.74, 6) is 0. The van der Waals surface area contributed by atoms with Crippen LogP contribution in [0.25, 0.3) is 0 Å². The van der Waals surface area contributed by atoms with E-state index in [1.807, 2.05) is 0 Å². The molecule has 0 amide bonds. The van der Waals surface area contributed by atoms with E-state index in [-0.39, 0.29) is 54.8 Å². The monoisotopic (exact) mass is 184 g/mol. The maximum Gasteiger partial charge on any atom is 0 e. The van der Waals surface area contributed by atoms with E-state index in [2.05, 4.69) is 0 Å². The summed E-state index contributed by atoms with van der Waals surface area (Å²) in [6, 6.07) is 0. The minimum atomic E-state index is 0. The number of rotatable bonds is 0. The zero-order valence-corrected chi connectivity index (χ0v) is 4.80. The molecule has 0 heterocycles. The van der Waals surface area contributed by atoms with Gasteiger partial charge in [0, 0.05) is 16.5 Å². The Morgan fingerprint density at radius 1 is 0.250 bits per heavy atom. The molecule has 0 aromatic carbocycles. The largest absolute Gasteiger partial charge is 0.412 e. The summed E-state index contributed by atoms with van der Waals surface area (Å²) < 4.78 is 0. The second-order valence-electron chi connectivity index (χ2n) is 0. The molecule has 0 spiro atoms. The third kappa shape index (κ3) is 3700. The van der Waals surface area contributed by atoms with E-state index in [1.165, 1.54) is 0 Å². The van der Waals surface area contributed by atoms with Crippen LogP contribution >= 0.6 is 0 Å². The van der Waals surface area contributed by atoms with E-state index in [9.17, 15) is 0 Å². The molecular formula is H14NiO7. The van der Waals surface area contributed by atoms with Crippen LogP contribution in [0.4, 0.5) is 0 Å². The van der Waals surface area contributed by atoms with Crippen LogP contribution in [0.15, 0.2) is 0 Å². The maximum absolute atomic E-state index is 0. The zero-order valence-electron chi connectivity index (χ0n) is 3.82. The first-order chi connectivity index (χ1) is 0. The first-order valence-electron chi connectivity index (χ1n) is 0. The van der Waals surface area contributed by atoms with E-state index >= 15 is 0 Å². The molecule has 0 aromatic rings. The van der Waals surface area contributed by atoms with Crippen LogP contribution in [0.5, 0.6) is 0 Å². The van der Waals surface area contributed by atoms with Crippen molar-refractivity contribution in [1.29, 1.82) is 0 Å². The minimum Gasteiger partial charge on any atom is -0.412 e. The van der Waals surface area contributed by atoms with Crippen molar-refractivity contribution in [1.82, 2.24) is 0 Å². The van der Waals surface area contributed by atoms with E-state index in [0.717, 1.165) is 0 Å². The molecule has 0 aliphatic rings. The predicted molar refractivity (Wildman–Crippen MR) is 25.3 cm³/mol. The van der Waals surface area contributed by atoms with Crippen molar-refractivity contribution >= 4 is 0 Å². The van der Waals surface area contributed by atoms with Gasteiger partial charge < -0.3 is 38.3 Å². The second kappa shape index (κ2) is 6110. The summed E-state index contributed by atoms with van der Waals surface area (Å²) in [5, 5.41) is 0. The van der Waals surface area contributed by atoms with Crippen LogP contribution in [0, 0.1) is 0 Å². The molecule has 0 saturated carbocycles. The van der Waals surface area contributed by atoms with Gasteiger partial charge in [0.05, 0.1) is 0 Å². The first kappa shape index (κ1) is 9380. The van der Waals surface area contributed by atoms with E-state index in [0.29, 0.717) is 0 Å². The zero-order chi connectivity index (χ0) is 0. The Kier molecular flexibility index (Phi) is 7160000. The fraction of sp³-hybridized carbons (Fsp3) is 0. The molecular weight excluding hydrogens is 171 g/mol.